The van der Waals surface area contributed by atoms with E-state index in [2.05, 4.69) is 6.92 Å². The van der Waals surface area contributed by atoms with Crippen LogP contribution in [0.15, 0.2) is 0 Å². The molecule has 0 radical (unpaired) electrons. The molecule has 0 heterocycles. The van der Waals surface area contributed by atoms with E-state index in [0.717, 1.165) is 13.0 Å². The Bertz CT molecular complexity index is 188. The van der Waals surface area contributed by atoms with Crippen molar-refractivity contribution in [2.45, 2.75) is 58.5 Å². The first-order valence-corrected chi connectivity index (χ1v) is 7.08. The lowest BCUT2D eigenvalue weighted by Gasteiger charge is -2.11. The van der Waals surface area contributed by atoms with Crippen LogP contribution < -0.4 is 5.73 Å². The van der Waals surface area contributed by atoms with E-state index in [9.17, 15) is 0 Å². The summed E-state index contributed by atoms with van der Waals surface area (Å²) in [5, 5.41) is 0. The Morgan fingerprint density at radius 2 is 1.71 bits per heavy atom. The zero-order valence-electron chi connectivity index (χ0n) is 11.2. The van der Waals surface area contributed by atoms with Gasteiger partial charge in [0.05, 0.1) is 13.2 Å². The third-order valence-corrected chi connectivity index (χ3v) is 2.97. The molecule has 0 saturated carbocycles. The molecule has 17 heavy (non-hydrogen) atoms. The van der Waals surface area contributed by atoms with Gasteiger partial charge < -0.3 is 15.2 Å². The van der Waals surface area contributed by atoms with Crippen molar-refractivity contribution >= 4 is 17.2 Å². The molecule has 0 aromatic rings. The lowest BCUT2D eigenvalue weighted by atomic mass is 10.1. The van der Waals surface area contributed by atoms with E-state index in [1.54, 1.807) is 0 Å². The Kier molecular flexibility index (Phi) is 12.1. The summed E-state index contributed by atoms with van der Waals surface area (Å²) >= 11 is 4.80. The van der Waals surface area contributed by atoms with Crippen molar-refractivity contribution in [3.63, 3.8) is 0 Å². The summed E-state index contributed by atoms with van der Waals surface area (Å²) in [4.78, 5) is 0.404. The van der Waals surface area contributed by atoms with Gasteiger partial charge in [-0.15, -0.1) is 0 Å². The first-order valence-electron chi connectivity index (χ1n) is 6.67. The van der Waals surface area contributed by atoms with Crippen LogP contribution in [-0.4, -0.2) is 30.9 Å². The predicted molar refractivity (Wildman–Crippen MR) is 76.4 cm³/mol. The Hall–Kier alpha value is -0.190. The molecule has 0 aliphatic heterocycles. The Morgan fingerprint density at radius 3 is 2.35 bits per heavy atom. The number of rotatable bonds is 12. The van der Waals surface area contributed by atoms with Gasteiger partial charge in [-0.3, -0.25) is 0 Å². The minimum Gasteiger partial charge on any atom is -0.391 e. The van der Waals surface area contributed by atoms with E-state index < -0.39 is 0 Å². The highest BCUT2D eigenvalue weighted by Crippen LogP contribution is 2.04. The zero-order valence-corrected chi connectivity index (χ0v) is 12.1. The maximum atomic E-state index is 5.46. The van der Waals surface area contributed by atoms with E-state index in [4.69, 9.17) is 27.4 Å². The second-order valence-corrected chi connectivity index (χ2v) is 4.77. The molecule has 4 heteroatoms. The second-order valence-electron chi connectivity index (χ2n) is 4.30. The van der Waals surface area contributed by atoms with Crippen molar-refractivity contribution in [1.29, 1.82) is 0 Å². The standard InChI is InChI=1S/C13H27NO2S/c1-3-4-5-6-7-8-9-15-10-11-16-12(2)13(14)17/h12H,3-11H2,1-2H3,(H2,14,17). The zero-order chi connectivity index (χ0) is 12.9. The molecule has 0 spiro atoms. The molecule has 0 bridgehead atoms. The maximum absolute atomic E-state index is 5.46. The van der Waals surface area contributed by atoms with Crippen molar-refractivity contribution in [2.75, 3.05) is 19.8 Å². The number of ether oxygens (including phenoxy) is 2. The number of hydrogen-bond acceptors (Lipinski definition) is 3. The average molecular weight is 261 g/mol. The van der Waals surface area contributed by atoms with E-state index >= 15 is 0 Å². The van der Waals surface area contributed by atoms with Gasteiger partial charge >= 0.3 is 0 Å². The molecular formula is C13H27NO2S. The first-order chi connectivity index (χ1) is 8.18. The quantitative estimate of drug-likeness (QED) is 0.433. The number of hydrogen-bond donors (Lipinski definition) is 1. The van der Waals surface area contributed by atoms with Gasteiger partial charge in [-0.1, -0.05) is 51.2 Å². The molecule has 1 unspecified atom stereocenters. The van der Waals surface area contributed by atoms with Crippen LogP contribution in [0.5, 0.6) is 0 Å². The van der Waals surface area contributed by atoms with Crippen LogP contribution in [0.3, 0.4) is 0 Å². The third kappa shape index (κ3) is 12.1. The summed E-state index contributed by atoms with van der Waals surface area (Å²) < 4.78 is 10.8. The molecule has 0 aliphatic carbocycles. The van der Waals surface area contributed by atoms with Crippen LogP contribution >= 0.6 is 12.2 Å². The van der Waals surface area contributed by atoms with E-state index in [-0.39, 0.29) is 6.10 Å². The van der Waals surface area contributed by atoms with Crippen LogP contribution in [0.1, 0.15) is 52.4 Å². The van der Waals surface area contributed by atoms with Gasteiger partial charge in [0.15, 0.2) is 0 Å². The van der Waals surface area contributed by atoms with Crippen molar-refractivity contribution in [2.24, 2.45) is 5.73 Å². The van der Waals surface area contributed by atoms with E-state index in [1.807, 2.05) is 6.92 Å². The van der Waals surface area contributed by atoms with Gasteiger partial charge in [-0.05, 0) is 13.3 Å². The van der Waals surface area contributed by atoms with Crippen LogP contribution in [0.25, 0.3) is 0 Å². The highest BCUT2D eigenvalue weighted by atomic mass is 32.1. The van der Waals surface area contributed by atoms with Crippen molar-refractivity contribution in [3.8, 4) is 0 Å². The molecule has 3 nitrogen and oxygen atoms in total. The summed E-state index contributed by atoms with van der Waals surface area (Å²) in [6.45, 7) is 6.11. The molecule has 0 aliphatic rings. The summed E-state index contributed by atoms with van der Waals surface area (Å²) in [5.74, 6) is 0. The highest BCUT2D eigenvalue weighted by Gasteiger charge is 2.03. The summed E-state index contributed by atoms with van der Waals surface area (Å²) in [6.07, 6.45) is 7.60. The van der Waals surface area contributed by atoms with E-state index in [0.29, 0.717) is 18.2 Å². The molecule has 0 amide bonds. The molecule has 0 saturated heterocycles. The molecule has 0 rings (SSSR count). The average Bonchev–Trinajstić information content (AvgIpc) is 2.31. The number of unbranched alkanes of at least 4 members (excludes halogenated alkanes) is 5. The minimum atomic E-state index is -0.150. The molecular weight excluding hydrogens is 234 g/mol. The van der Waals surface area contributed by atoms with Crippen molar-refractivity contribution < 1.29 is 9.47 Å². The summed E-state index contributed by atoms with van der Waals surface area (Å²) in [7, 11) is 0. The van der Waals surface area contributed by atoms with Crippen LogP contribution in [0.2, 0.25) is 0 Å². The molecule has 2 N–H and O–H groups in total. The molecule has 0 aromatic carbocycles. The second kappa shape index (κ2) is 12.3. The highest BCUT2D eigenvalue weighted by molar-refractivity contribution is 7.80. The SMILES string of the molecule is CCCCCCCCOCCOC(C)C(N)=S. The lowest BCUT2D eigenvalue weighted by molar-refractivity contribution is 0.0349. The van der Waals surface area contributed by atoms with Gasteiger partial charge in [0.2, 0.25) is 0 Å². The van der Waals surface area contributed by atoms with Gasteiger partial charge in [0.25, 0.3) is 0 Å². The van der Waals surface area contributed by atoms with Gasteiger partial charge in [-0.2, -0.15) is 0 Å². The van der Waals surface area contributed by atoms with E-state index in [1.165, 1.54) is 32.1 Å². The van der Waals surface area contributed by atoms with Crippen molar-refractivity contribution in [3.05, 3.63) is 0 Å². The topological polar surface area (TPSA) is 44.5 Å². The number of nitrogens with two attached hydrogens (primary N) is 1. The Labute approximate surface area is 111 Å². The minimum absolute atomic E-state index is 0.150. The predicted octanol–water partition coefficient (Wildman–Crippen LogP) is 3.05. The summed E-state index contributed by atoms with van der Waals surface area (Å²) in [6, 6.07) is 0. The molecule has 0 fully saturated rings. The molecule has 0 aromatic heterocycles. The normalized spacial score (nSPS) is 12.6. The van der Waals surface area contributed by atoms with Gasteiger partial charge in [0.1, 0.15) is 11.1 Å². The monoisotopic (exact) mass is 261 g/mol. The fourth-order valence-corrected chi connectivity index (χ4v) is 1.52. The maximum Gasteiger partial charge on any atom is 0.105 e. The first kappa shape index (κ1) is 16.8. The van der Waals surface area contributed by atoms with Gasteiger partial charge in [-0.25, -0.2) is 0 Å². The van der Waals surface area contributed by atoms with Crippen LogP contribution in [-0.2, 0) is 9.47 Å². The Balaban J connectivity index is 3.06. The molecule has 102 valence electrons. The molecule has 1 atom stereocenters. The summed E-state index contributed by atoms with van der Waals surface area (Å²) in [5.41, 5.74) is 5.42. The third-order valence-electron chi connectivity index (χ3n) is 2.64. The fraction of sp³-hybridized carbons (Fsp3) is 0.923. The van der Waals surface area contributed by atoms with Crippen LogP contribution in [0.4, 0.5) is 0 Å². The largest absolute Gasteiger partial charge is 0.391 e. The smallest absolute Gasteiger partial charge is 0.105 e. The Morgan fingerprint density at radius 1 is 1.06 bits per heavy atom. The van der Waals surface area contributed by atoms with Crippen molar-refractivity contribution in [1.82, 2.24) is 0 Å². The van der Waals surface area contributed by atoms with Crippen LogP contribution in [0, 0.1) is 0 Å². The lowest BCUT2D eigenvalue weighted by Crippen LogP contribution is -2.27. The number of thiocarbonyl (C=S) groups is 1. The fourth-order valence-electron chi connectivity index (χ4n) is 1.45. The van der Waals surface area contributed by atoms with Gasteiger partial charge in [0, 0.05) is 6.61 Å².